The lowest BCUT2D eigenvalue weighted by Gasteiger charge is -2.34. The van der Waals surface area contributed by atoms with Gasteiger partial charge in [-0.2, -0.15) is 0 Å². The Balaban J connectivity index is 1.98. The number of benzene rings is 2. The molecule has 1 aliphatic heterocycles. The van der Waals surface area contributed by atoms with Gasteiger partial charge in [0.25, 0.3) is 0 Å². The molecule has 134 valence electrons. The molecule has 0 amide bonds. The highest BCUT2D eigenvalue weighted by atomic mass is 79.9. The van der Waals surface area contributed by atoms with Crippen LogP contribution in [0.3, 0.4) is 0 Å². The number of rotatable bonds is 5. The molecular weight excluding hydrogens is 406 g/mol. The van der Waals surface area contributed by atoms with Crippen LogP contribution in [0.2, 0.25) is 0 Å². The fourth-order valence-corrected chi connectivity index (χ4v) is 4.15. The molecule has 0 saturated heterocycles. The van der Waals surface area contributed by atoms with Crippen molar-refractivity contribution >= 4 is 27.7 Å². The van der Waals surface area contributed by atoms with E-state index in [0.717, 1.165) is 46.7 Å². The van der Waals surface area contributed by atoms with Crippen molar-refractivity contribution in [2.45, 2.75) is 18.9 Å². The van der Waals surface area contributed by atoms with E-state index in [2.05, 4.69) is 34.1 Å². The first-order chi connectivity index (χ1) is 12.1. The second-order valence-electron chi connectivity index (χ2n) is 5.96. The van der Waals surface area contributed by atoms with Gasteiger partial charge in [0.05, 0.1) is 31.8 Å². The number of hydrogen-bond donors (Lipinski definition) is 0. The van der Waals surface area contributed by atoms with Gasteiger partial charge in [-0.1, -0.05) is 6.07 Å². The molecular formula is C19H21BrClNO3. The smallest absolute Gasteiger partial charge is 0.133 e. The van der Waals surface area contributed by atoms with E-state index in [0.29, 0.717) is 0 Å². The molecule has 25 heavy (non-hydrogen) atoms. The Hall–Kier alpha value is -1.43. The van der Waals surface area contributed by atoms with Gasteiger partial charge in [0.1, 0.15) is 17.2 Å². The van der Waals surface area contributed by atoms with E-state index in [1.807, 2.05) is 16.6 Å². The van der Waals surface area contributed by atoms with Gasteiger partial charge in [0.2, 0.25) is 0 Å². The second-order valence-corrected chi connectivity index (χ2v) is 7.25. The minimum Gasteiger partial charge on any atom is -0.497 e. The Kier molecular flexibility index (Phi) is 5.77. The third-order valence-electron chi connectivity index (χ3n) is 4.57. The number of halogens is 2. The van der Waals surface area contributed by atoms with Crippen molar-refractivity contribution < 1.29 is 14.2 Å². The van der Waals surface area contributed by atoms with Crippen molar-refractivity contribution in [1.82, 2.24) is 4.42 Å². The standard InChI is InChI=1S/C19H21BrClNO3/c1-23-14-10-13-6-7-22(21)16(19(13)18(11-14)25-3)9-12-4-5-17(24-2)15(20)8-12/h4-5,8,10-11,16H,6-7,9H2,1-3H3. The van der Waals surface area contributed by atoms with Crippen LogP contribution in [0.15, 0.2) is 34.8 Å². The molecule has 0 N–H and O–H groups in total. The van der Waals surface area contributed by atoms with Crippen LogP contribution in [-0.2, 0) is 12.8 Å². The minimum atomic E-state index is 0.0339. The average Bonchev–Trinajstić information content (AvgIpc) is 2.63. The van der Waals surface area contributed by atoms with E-state index in [1.54, 1.807) is 21.3 Å². The number of hydrogen-bond acceptors (Lipinski definition) is 4. The highest BCUT2D eigenvalue weighted by Gasteiger charge is 2.30. The summed E-state index contributed by atoms with van der Waals surface area (Å²) >= 11 is 10.1. The number of fused-ring (bicyclic) bond motifs is 1. The zero-order valence-corrected chi connectivity index (χ0v) is 16.9. The Labute approximate surface area is 161 Å². The summed E-state index contributed by atoms with van der Waals surface area (Å²) in [5, 5.41) is 0. The van der Waals surface area contributed by atoms with Crippen molar-refractivity contribution in [3.63, 3.8) is 0 Å². The van der Waals surface area contributed by atoms with Crippen LogP contribution >= 0.6 is 27.7 Å². The van der Waals surface area contributed by atoms with Crippen LogP contribution < -0.4 is 14.2 Å². The Morgan fingerprint density at radius 1 is 1.08 bits per heavy atom. The molecule has 1 aliphatic rings. The molecule has 0 bridgehead atoms. The van der Waals surface area contributed by atoms with Crippen molar-refractivity contribution in [2.75, 3.05) is 27.9 Å². The van der Waals surface area contributed by atoms with Crippen LogP contribution in [0.4, 0.5) is 0 Å². The lowest BCUT2D eigenvalue weighted by atomic mass is 9.89. The normalized spacial score (nSPS) is 17.1. The molecule has 0 spiro atoms. The molecule has 3 rings (SSSR count). The summed E-state index contributed by atoms with van der Waals surface area (Å²) in [5.74, 6) is 2.44. The maximum absolute atomic E-state index is 6.57. The van der Waals surface area contributed by atoms with Crippen LogP contribution in [0.1, 0.15) is 22.7 Å². The summed E-state index contributed by atoms with van der Waals surface area (Å²) in [4.78, 5) is 0. The summed E-state index contributed by atoms with van der Waals surface area (Å²) in [6.07, 6.45) is 1.65. The first kappa shape index (κ1) is 18.4. The zero-order chi connectivity index (χ0) is 18.0. The predicted octanol–water partition coefficient (Wildman–Crippen LogP) is 4.77. The fourth-order valence-electron chi connectivity index (χ4n) is 3.31. The largest absolute Gasteiger partial charge is 0.497 e. The maximum atomic E-state index is 6.57. The summed E-state index contributed by atoms with van der Waals surface area (Å²) in [5.41, 5.74) is 3.54. The van der Waals surface area contributed by atoms with Gasteiger partial charge in [-0.25, -0.2) is 4.42 Å². The molecule has 1 atom stereocenters. The highest BCUT2D eigenvalue weighted by molar-refractivity contribution is 9.10. The fraction of sp³-hybridized carbons (Fsp3) is 0.368. The van der Waals surface area contributed by atoms with E-state index in [9.17, 15) is 0 Å². The molecule has 1 heterocycles. The summed E-state index contributed by atoms with van der Waals surface area (Å²) in [6.45, 7) is 0.785. The molecule has 6 heteroatoms. The second kappa shape index (κ2) is 7.85. The Morgan fingerprint density at radius 2 is 1.84 bits per heavy atom. The summed E-state index contributed by atoms with van der Waals surface area (Å²) in [6, 6.07) is 10.1. The van der Waals surface area contributed by atoms with E-state index in [1.165, 1.54) is 11.1 Å². The lowest BCUT2D eigenvalue weighted by molar-refractivity contribution is 0.305. The third kappa shape index (κ3) is 3.73. The van der Waals surface area contributed by atoms with Gasteiger partial charge >= 0.3 is 0 Å². The molecule has 2 aromatic rings. The zero-order valence-electron chi connectivity index (χ0n) is 14.5. The molecule has 0 saturated carbocycles. The van der Waals surface area contributed by atoms with Crippen molar-refractivity contribution in [1.29, 1.82) is 0 Å². The molecule has 2 aromatic carbocycles. The number of nitrogens with zero attached hydrogens (tertiary/aromatic N) is 1. The van der Waals surface area contributed by atoms with Gasteiger partial charge in [0, 0.05) is 18.2 Å². The SMILES string of the molecule is COc1cc2c(c(OC)c1)C(Cc1ccc(OC)c(Br)c1)N(Cl)CC2. The molecule has 0 aromatic heterocycles. The van der Waals surface area contributed by atoms with Crippen molar-refractivity contribution in [3.05, 3.63) is 51.5 Å². The van der Waals surface area contributed by atoms with Crippen LogP contribution in [0.25, 0.3) is 0 Å². The summed E-state index contributed by atoms with van der Waals surface area (Å²) in [7, 11) is 5.02. The quantitative estimate of drug-likeness (QED) is 0.644. The minimum absolute atomic E-state index is 0.0339. The molecule has 1 unspecified atom stereocenters. The maximum Gasteiger partial charge on any atom is 0.133 e. The van der Waals surface area contributed by atoms with Gasteiger partial charge in [-0.3, -0.25) is 0 Å². The number of ether oxygens (including phenoxy) is 3. The van der Waals surface area contributed by atoms with Crippen molar-refractivity contribution in [3.8, 4) is 17.2 Å². The van der Waals surface area contributed by atoms with E-state index in [4.69, 9.17) is 26.0 Å². The van der Waals surface area contributed by atoms with Gasteiger partial charge in [-0.15, -0.1) is 0 Å². The highest BCUT2D eigenvalue weighted by Crippen LogP contribution is 2.42. The van der Waals surface area contributed by atoms with Gasteiger partial charge in [-0.05, 0) is 69.9 Å². The average molecular weight is 427 g/mol. The van der Waals surface area contributed by atoms with Gasteiger partial charge < -0.3 is 14.2 Å². The Morgan fingerprint density at radius 3 is 2.48 bits per heavy atom. The molecule has 0 aliphatic carbocycles. The topological polar surface area (TPSA) is 30.9 Å². The first-order valence-corrected chi connectivity index (χ1v) is 9.20. The van der Waals surface area contributed by atoms with Crippen molar-refractivity contribution in [2.24, 2.45) is 0 Å². The first-order valence-electron chi connectivity index (χ1n) is 8.07. The predicted molar refractivity (Wildman–Crippen MR) is 103 cm³/mol. The molecule has 0 fully saturated rings. The lowest BCUT2D eigenvalue weighted by Crippen LogP contribution is -2.30. The Bertz CT molecular complexity index is 751. The van der Waals surface area contributed by atoms with E-state index in [-0.39, 0.29) is 6.04 Å². The summed E-state index contributed by atoms with van der Waals surface area (Å²) < 4.78 is 19.2. The van der Waals surface area contributed by atoms with E-state index >= 15 is 0 Å². The van der Waals surface area contributed by atoms with Gasteiger partial charge in [0.15, 0.2) is 0 Å². The third-order valence-corrected chi connectivity index (χ3v) is 5.59. The monoisotopic (exact) mass is 425 g/mol. The van der Waals surface area contributed by atoms with E-state index < -0.39 is 0 Å². The van der Waals surface area contributed by atoms with Crippen LogP contribution in [-0.4, -0.2) is 32.3 Å². The molecule has 4 nitrogen and oxygen atoms in total. The van der Waals surface area contributed by atoms with Crippen LogP contribution in [0, 0.1) is 0 Å². The van der Waals surface area contributed by atoms with Crippen LogP contribution in [0.5, 0.6) is 17.2 Å². The molecule has 0 radical (unpaired) electrons. The number of methoxy groups -OCH3 is 3.